The van der Waals surface area contributed by atoms with Gasteiger partial charge in [-0.1, -0.05) is 27.7 Å². The van der Waals surface area contributed by atoms with Crippen LogP contribution in [0.3, 0.4) is 0 Å². The molecule has 3 heterocycles. The summed E-state index contributed by atoms with van der Waals surface area (Å²) in [6.07, 6.45) is 1.08. The Morgan fingerprint density at radius 3 is 2.33 bits per heavy atom. The number of aliphatic hydroxyl groups is 1. The second-order valence-corrected chi connectivity index (χ2v) is 12.8. The summed E-state index contributed by atoms with van der Waals surface area (Å²) >= 11 is 0. The number of hydrogen-bond donors (Lipinski definition) is 1. The first kappa shape index (κ1) is 28.8. The Labute approximate surface area is 230 Å². The Bertz CT molecular complexity index is 965. The summed E-state index contributed by atoms with van der Waals surface area (Å²) in [6.45, 7) is 11.2. The van der Waals surface area contributed by atoms with Crippen LogP contribution in [0.5, 0.6) is 0 Å². The lowest BCUT2D eigenvalue weighted by atomic mass is 9.42. The van der Waals surface area contributed by atoms with Crippen molar-refractivity contribution in [2.75, 3.05) is 13.2 Å². The molecule has 10 heteroatoms. The summed E-state index contributed by atoms with van der Waals surface area (Å²) in [5.41, 5.74) is -2.30. The van der Waals surface area contributed by atoms with E-state index < -0.39 is 53.2 Å². The molecule has 0 radical (unpaired) electrons. The molecule has 0 amide bonds. The van der Waals surface area contributed by atoms with Crippen molar-refractivity contribution in [3.05, 3.63) is 0 Å². The van der Waals surface area contributed by atoms with Gasteiger partial charge in [0.15, 0.2) is 12.6 Å². The van der Waals surface area contributed by atoms with E-state index in [1.807, 2.05) is 13.8 Å². The van der Waals surface area contributed by atoms with Crippen LogP contribution in [0.2, 0.25) is 0 Å². The molecule has 0 aromatic rings. The minimum atomic E-state index is -0.947. The summed E-state index contributed by atoms with van der Waals surface area (Å²) in [5, 5.41) is 9.99. The molecule has 1 spiro atoms. The SMILES string of the molecule is CCC(C)C(=O)O[C@H]1CC[C@@H]2[C@@](C)([C@@H]3C[C@H]4CC(O)O[C@H]4O3)[C@H](C)C[C@H](OC(C)=O)[C@@]2(COC(C)=O)[C@@]12CO2. The van der Waals surface area contributed by atoms with Crippen LogP contribution in [0.15, 0.2) is 0 Å². The number of carbonyl (C=O) groups is 3. The van der Waals surface area contributed by atoms with Gasteiger partial charge in [-0.25, -0.2) is 0 Å². The first-order valence-corrected chi connectivity index (χ1v) is 14.5. The molecule has 10 nitrogen and oxygen atoms in total. The highest BCUT2D eigenvalue weighted by atomic mass is 16.7. The van der Waals surface area contributed by atoms with E-state index in [4.69, 9.17) is 28.4 Å². The summed E-state index contributed by atoms with van der Waals surface area (Å²) in [5.74, 6) is -1.34. The van der Waals surface area contributed by atoms with Gasteiger partial charge in [0, 0.05) is 31.6 Å². The van der Waals surface area contributed by atoms with Crippen LogP contribution in [-0.2, 0) is 42.8 Å². The molecule has 0 aromatic carbocycles. The molecule has 2 unspecified atom stereocenters. The fraction of sp³-hybridized carbons (Fsp3) is 0.897. The summed E-state index contributed by atoms with van der Waals surface area (Å²) < 4.78 is 36.4. The van der Waals surface area contributed by atoms with Crippen molar-refractivity contribution in [3.63, 3.8) is 0 Å². The summed E-state index contributed by atoms with van der Waals surface area (Å²) in [4.78, 5) is 37.7. The van der Waals surface area contributed by atoms with Crippen LogP contribution >= 0.6 is 0 Å². The highest BCUT2D eigenvalue weighted by Crippen LogP contribution is 2.70. The lowest BCUT2D eigenvalue weighted by molar-refractivity contribution is -0.276. The summed E-state index contributed by atoms with van der Waals surface area (Å²) in [6, 6.07) is 0. The third-order valence-electron chi connectivity index (χ3n) is 10.8. The Morgan fingerprint density at radius 1 is 1.03 bits per heavy atom. The molecule has 5 aliphatic rings. The molecule has 3 aliphatic heterocycles. The average molecular weight is 553 g/mol. The number of hydrogen-bond acceptors (Lipinski definition) is 10. The van der Waals surface area contributed by atoms with Crippen molar-refractivity contribution in [3.8, 4) is 0 Å². The molecule has 1 N–H and O–H groups in total. The van der Waals surface area contributed by atoms with Crippen molar-refractivity contribution in [2.45, 2.75) is 117 Å². The Hall–Kier alpha value is -1.75. The van der Waals surface area contributed by atoms with Gasteiger partial charge in [-0.2, -0.15) is 0 Å². The topological polar surface area (TPSA) is 130 Å². The number of fused-ring (bicyclic) bond motifs is 3. The van der Waals surface area contributed by atoms with E-state index in [9.17, 15) is 19.5 Å². The van der Waals surface area contributed by atoms with Gasteiger partial charge in [0.1, 0.15) is 24.4 Å². The Kier molecular flexibility index (Phi) is 7.57. The average Bonchev–Trinajstić information content (AvgIpc) is 3.45. The van der Waals surface area contributed by atoms with Crippen molar-refractivity contribution in [1.29, 1.82) is 0 Å². The van der Waals surface area contributed by atoms with E-state index in [1.165, 1.54) is 13.8 Å². The van der Waals surface area contributed by atoms with E-state index in [0.29, 0.717) is 38.7 Å². The van der Waals surface area contributed by atoms with E-state index in [2.05, 4.69) is 13.8 Å². The van der Waals surface area contributed by atoms with Gasteiger partial charge in [-0.15, -0.1) is 0 Å². The standard InChI is InChI=1S/C29H44O10/c1-7-15(2)25(33)37-21-9-8-20-27(6,22-11-19-12-24(32)39-26(19)38-22)16(3)10-23(36-18(5)31)28(20,13-34-17(4)30)29(21)14-35-29/h15-16,19-24,26,32H,7-14H2,1-6H3/t15?,16-,19+,20-,21+,22+,23+,24?,26-,27+,28+,29-/m1/s1. The maximum Gasteiger partial charge on any atom is 0.309 e. The smallest absolute Gasteiger partial charge is 0.309 e. The normalized spacial score (nSPS) is 47.2. The number of esters is 3. The van der Waals surface area contributed by atoms with Gasteiger partial charge in [0.2, 0.25) is 0 Å². The second-order valence-electron chi connectivity index (χ2n) is 12.8. The highest BCUT2D eigenvalue weighted by Gasteiger charge is 2.80. The van der Waals surface area contributed by atoms with Crippen molar-refractivity contribution >= 4 is 17.9 Å². The van der Waals surface area contributed by atoms with E-state index in [1.54, 1.807) is 0 Å². The molecular weight excluding hydrogens is 508 g/mol. The maximum atomic E-state index is 13.0. The van der Waals surface area contributed by atoms with Crippen molar-refractivity contribution in [2.24, 2.45) is 34.5 Å². The third-order valence-corrected chi connectivity index (χ3v) is 10.8. The number of aliphatic hydroxyl groups excluding tert-OH is 1. The predicted molar refractivity (Wildman–Crippen MR) is 136 cm³/mol. The molecule has 39 heavy (non-hydrogen) atoms. The maximum absolute atomic E-state index is 13.0. The fourth-order valence-electron chi connectivity index (χ4n) is 8.37. The van der Waals surface area contributed by atoms with Crippen molar-refractivity contribution < 1.29 is 47.9 Å². The van der Waals surface area contributed by atoms with Gasteiger partial charge in [0.05, 0.1) is 24.0 Å². The van der Waals surface area contributed by atoms with Gasteiger partial charge in [-0.05, 0) is 43.9 Å². The molecule has 0 bridgehead atoms. The van der Waals surface area contributed by atoms with Crippen LogP contribution in [0.25, 0.3) is 0 Å². The van der Waals surface area contributed by atoms with Gasteiger partial charge < -0.3 is 33.5 Å². The van der Waals surface area contributed by atoms with Gasteiger partial charge in [0.25, 0.3) is 0 Å². The highest BCUT2D eigenvalue weighted by molar-refractivity contribution is 5.72. The Balaban J connectivity index is 1.57. The molecule has 5 fully saturated rings. The van der Waals surface area contributed by atoms with E-state index in [-0.39, 0.29) is 42.4 Å². The zero-order valence-electron chi connectivity index (χ0n) is 24.0. The first-order chi connectivity index (χ1) is 18.4. The minimum Gasteiger partial charge on any atom is -0.465 e. The zero-order chi connectivity index (χ0) is 28.3. The van der Waals surface area contributed by atoms with Crippen LogP contribution in [0, 0.1) is 34.5 Å². The predicted octanol–water partition coefficient (Wildman–Crippen LogP) is 3.12. The summed E-state index contributed by atoms with van der Waals surface area (Å²) in [7, 11) is 0. The number of carbonyl (C=O) groups excluding carboxylic acids is 3. The van der Waals surface area contributed by atoms with Crippen LogP contribution in [0.4, 0.5) is 0 Å². The molecule has 2 saturated carbocycles. The molecule has 3 saturated heterocycles. The molecule has 2 aliphatic carbocycles. The first-order valence-electron chi connectivity index (χ1n) is 14.5. The van der Waals surface area contributed by atoms with E-state index in [0.717, 1.165) is 6.42 Å². The van der Waals surface area contributed by atoms with E-state index >= 15 is 0 Å². The minimum absolute atomic E-state index is 0.0145. The molecule has 0 aromatic heterocycles. The van der Waals surface area contributed by atoms with Gasteiger partial charge in [-0.3, -0.25) is 14.4 Å². The van der Waals surface area contributed by atoms with Crippen LogP contribution in [-0.4, -0.2) is 72.7 Å². The number of epoxide rings is 1. The molecule has 220 valence electrons. The monoisotopic (exact) mass is 552 g/mol. The lowest BCUT2D eigenvalue weighted by Crippen LogP contribution is -2.72. The largest absolute Gasteiger partial charge is 0.465 e. The molecule has 5 rings (SSSR count). The lowest BCUT2D eigenvalue weighted by Gasteiger charge is -2.64. The van der Waals surface area contributed by atoms with Gasteiger partial charge >= 0.3 is 17.9 Å². The Morgan fingerprint density at radius 2 is 1.74 bits per heavy atom. The number of ether oxygens (including phenoxy) is 6. The molecular formula is C29H44O10. The third kappa shape index (κ3) is 4.50. The van der Waals surface area contributed by atoms with Crippen LogP contribution in [0.1, 0.15) is 80.1 Å². The van der Waals surface area contributed by atoms with Crippen LogP contribution < -0.4 is 0 Å². The zero-order valence-corrected chi connectivity index (χ0v) is 24.0. The second kappa shape index (κ2) is 10.3. The quantitative estimate of drug-likeness (QED) is 0.286. The van der Waals surface area contributed by atoms with Crippen molar-refractivity contribution in [1.82, 2.24) is 0 Å². The molecule has 12 atom stereocenters. The number of rotatable bonds is 7. The fourth-order valence-corrected chi connectivity index (χ4v) is 8.37.